The third kappa shape index (κ3) is 4.15. The lowest BCUT2D eigenvalue weighted by Crippen LogP contribution is -2.67. The Balaban J connectivity index is 2.67. The molecule has 1 fully saturated rings. The molecule has 0 aromatic rings. The molecule has 2 rings (SSSR count). The summed E-state index contributed by atoms with van der Waals surface area (Å²) in [6, 6.07) is 0. The summed E-state index contributed by atoms with van der Waals surface area (Å²) in [5, 5.41) is 11.9. The van der Waals surface area contributed by atoms with Crippen LogP contribution in [-0.2, 0) is 14.0 Å². The molecule has 1 saturated carbocycles. The molecular weight excluding hydrogens is 392 g/mol. The Hall–Kier alpha value is -1.48. The monoisotopic (exact) mass is 430 g/mol. The van der Waals surface area contributed by atoms with E-state index in [9.17, 15) is 14.7 Å². The third-order valence-corrected chi connectivity index (χ3v) is 12.2. The first-order valence-electron chi connectivity index (χ1n) is 10.8. The predicted molar refractivity (Wildman–Crippen MR) is 123 cm³/mol. The van der Waals surface area contributed by atoms with Gasteiger partial charge in [-0.05, 0) is 61.5 Å². The van der Waals surface area contributed by atoms with Gasteiger partial charge in [-0.15, -0.1) is 0 Å². The molecule has 0 unspecified atom stereocenters. The zero-order valence-electron chi connectivity index (χ0n) is 20.1. The van der Waals surface area contributed by atoms with Crippen molar-refractivity contribution in [3.63, 3.8) is 0 Å². The number of aliphatic hydroxyl groups is 1. The van der Waals surface area contributed by atoms with Gasteiger partial charge in [0.25, 0.3) is 0 Å². The minimum atomic E-state index is -2.16. The Kier molecular flexibility index (Phi) is 6.52. The summed E-state index contributed by atoms with van der Waals surface area (Å²) in [6.45, 7) is 18.9. The minimum Gasteiger partial charge on any atom is -0.413 e. The Morgan fingerprint density at radius 1 is 1.30 bits per heavy atom. The van der Waals surface area contributed by atoms with Gasteiger partial charge in [0.05, 0.1) is 6.10 Å². The van der Waals surface area contributed by atoms with Gasteiger partial charge in [-0.2, -0.15) is 0 Å². The smallest absolute Gasteiger partial charge is 0.192 e. The van der Waals surface area contributed by atoms with Crippen molar-refractivity contribution in [3.05, 3.63) is 23.8 Å². The molecule has 0 radical (unpaired) electrons. The van der Waals surface area contributed by atoms with Crippen LogP contribution in [0.4, 0.5) is 0 Å². The summed E-state index contributed by atoms with van der Waals surface area (Å²) in [5.74, 6) is 5.56. The highest BCUT2D eigenvalue weighted by Gasteiger charge is 2.65. The molecule has 1 N–H and O–H groups in total. The normalized spacial score (nSPS) is 34.1. The molecule has 0 aromatic carbocycles. The van der Waals surface area contributed by atoms with E-state index < -0.39 is 25.3 Å². The van der Waals surface area contributed by atoms with Gasteiger partial charge >= 0.3 is 0 Å². The number of hydrogen-bond acceptors (Lipinski definition) is 4. The molecule has 0 bridgehead atoms. The zero-order valence-corrected chi connectivity index (χ0v) is 21.1. The Morgan fingerprint density at radius 3 is 2.43 bits per heavy atom. The van der Waals surface area contributed by atoms with Gasteiger partial charge < -0.3 is 9.53 Å². The third-order valence-electron chi connectivity index (χ3n) is 7.71. The van der Waals surface area contributed by atoms with Crippen molar-refractivity contribution < 1.29 is 19.1 Å². The number of carbonyl (C=O) groups is 2. The van der Waals surface area contributed by atoms with Gasteiger partial charge in [0.1, 0.15) is 6.29 Å². The van der Waals surface area contributed by atoms with Gasteiger partial charge in [0.15, 0.2) is 19.7 Å². The Bertz CT molecular complexity index is 833. The van der Waals surface area contributed by atoms with Crippen LogP contribution in [0.25, 0.3) is 0 Å². The first-order valence-corrected chi connectivity index (χ1v) is 13.7. The molecule has 4 atom stereocenters. The van der Waals surface area contributed by atoms with E-state index >= 15 is 0 Å². The van der Waals surface area contributed by atoms with Crippen LogP contribution in [-0.4, -0.2) is 37.2 Å². The standard InChI is InChI=1S/C25H38O4Si/c1-18(13-17-26)10-15-25(28)16-11-19(27)21-23(5,6)14-12-20(24(21,25)7)29-30(8,9)22(2,3)4/h11,13,16-17,20-21,28H,12,14H2,1-9H3/b18-13+/t20-,21+,24-,25+/m1/s1. The number of ketones is 1. The van der Waals surface area contributed by atoms with Crippen LogP contribution in [0.1, 0.15) is 61.3 Å². The van der Waals surface area contributed by atoms with Gasteiger partial charge in [0, 0.05) is 16.9 Å². The highest BCUT2D eigenvalue weighted by molar-refractivity contribution is 6.74. The molecule has 2 aliphatic rings. The quantitative estimate of drug-likeness (QED) is 0.301. The van der Waals surface area contributed by atoms with Gasteiger partial charge in [-0.25, -0.2) is 0 Å². The maximum atomic E-state index is 13.1. The number of allylic oxidation sites excluding steroid dienone is 3. The van der Waals surface area contributed by atoms with Crippen molar-refractivity contribution in [2.24, 2.45) is 16.7 Å². The summed E-state index contributed by atoms with van der Waals surface area (Å²) in [6.07, 6.45) is 6.40. The molecule has 0 aliphatic heterocycles. The topological polar surface area (TPSA) is 63.6 Å². The minimum absolute atomic E-state index is 0.00736. The number of carbonyl (C=O) groups excluding carboxylic acids is 2. The first kappa shape index (κ1) is 24.8. The van der Waals surface area contributed by atoms with Gasteiger partial charge in [0.2, 0.25) is 0 Å². The van der Waals surface area contributed by atoms with Crippen molar-refractivity contribution in [1.82, 2.24) is 0 Å². The molecule has 4 nitrogen and oxygen atoms in total. The SMILES string of the molecule is C/C(C#C[C@]1(O)C=CC(=O)[C@H]2C(C)(C)CC[C@@H](O[Si](C)(C)C(C)(C)C)[C@]21C)=C\C=O. The summed E-state index contributed by atoms with van der Waals surface area (Å²) >= 11 is 0. The van der Waals surface area contributed by atoms with Gasteiger partial charge in [-0.1, -0.05) is 53.4 Å². The maximum Gasteiger partial charge on any atom is 0.192 e. The van der Waals surface area contributed by atoms with Crippen LogP contribution < -0.4 is 0 Å². The van der Waals surface area contributed by atoms with Gasteiger partial charge in [-0.3, -0.25) is 9.59 Å². The van der Waals surface area contributed by atoms with E-state index in [0.29, 0.717) is 11.9 Å². The molecule has 0 saturated heterocycles. The second-order valence-corrected chi connectivity index (χ2v) is 16.1. The second kappa shape index (κ2) is 7.89. The fraction of sp³-hybridized carbons (Fsp3) is 0.680. The Labute approximate surface area is 183 Å². The molecule has 5 heteroatoms. The van der Waals surface area contributed by atoms with E-state index in [1.807, 2.05) is 6.92 Å². The largest absolute Gasteiger partial charge is 0.413 e. The van der Waals surface area contributed by atoms with Crippen LogP contribution in [0.3, 0.4) is 0 Å². The van der Waals surface area contributed by atoms with Crippen molar-refractivity contribution >= 4 is 20.4 Å². The molecule has 166 valence electrons. The molecule has 2 aliphatic carbocycles. The lowest BCUT2D eigenvalue weighted by molar-refractivity contribution is -0.176. The second-order valence-electron chi connectivity index (χ2n) is 11.3. The van der Waals surface area contributed by atoms with Crippen LogP contribution in [0.5, 0.6) is 0 Å². The average molecular weight is 431 g/mol. The number of aldehydes is 1. The van der Waals surface area contributed by atoms with E-state index in [1.165, 1.54) is 18.2 Å². The first-order chi connectivity index (χ1) is 13.5. The Morgan fingerprint density at radius 2 is 1.90 bits per heavy atom. The van der Waals surface area contributed by atoms with E-state index in [2.05, 4.69) is 59.6 Å². The van der Waals surface area contributed by atoms with Crippen LogP contribution in [0.15, 0.2) is 23.8 Å². The zero-order chi connectivity index (χ0) is 23.2. The number of fused-ring (bicyclic) bond motifs is 1. The maximum absolute atomic E-state index is 13.1. The molecule has 0 aromatic heterocycles. The van der Waals surface area contributed by atoms with E-state index in [1.54, 1.807) is 6.92 Å². The summed E-state index contributed by atoms with van der Waals surface area (Å²) in [5.41, 5.74) is -2.15. The molecular formula is C25H38O4Si. The molecule has 0 heterocycles. The fourth-order valence-corrected chi connectivity index (χ4v) is 6.22. The fourth-order valence-electron chi connectivity index (χ4n) is 4.80. The molecule has 30 heavy (non-hydrogen) atoms. The van der Waals surface area contributed by atoms with Crippen molar-refractivity contribution in [2.45, 2.75) is 91.1 Å². The molecule has 0 spiro atoms. The average Bonchev–Trinajstić information content (AvgIpc) is 2.59. The van der Waals surface area contributed by atoms with Crippen LogP contribution >= 0.6 is 0 Å². The highest BCUT2D eigenvalue weighted by Crippen LogP contribution is 2.60. The number of hydrogen-bond donors (Lipinski definition) is 1. The van der Waals surface area contributed by atoms with Crippen molar-refractivity contribution in [3.8, 4) is 11.8 Å². The van der Waals surface area contributed by atoms with Crippen LogP contribution in [0, 0.1) is 28.6 Å². The van der Waals surface area contributed by atoms with Crippen LogP contribution in [0.2, 0.25) is 18.1 Å². The van der Waals surface area contributed by atoms with E-state index in [0.717, 1.165) is 12.8 Å². The summed E-state index contributed by atoms with van der Waals surface area (Å²) in [7, 11) is -2.16. The predicted octanol–water partition coefficient (Wildman–Crippen LogP) is 4.84. The van der Waals surface area contributed by atoms with E-state index in [-0.39, 0.29) is 22.3 Å². The lowest BCUT2D eigenvalue weighted by atomic mass is 9.47. The number of rotatable bonds is 3. The molecule has 0 amide bonds. The van der Waals surface area contributed by atoms with Crippen molar-refractivity contribution in [1.29, 1.82) is 0 Å². The summed E-state index contributed by atoms with van der Waals surface area (Å²) in [4.78, 5) is 23.9. The van der Waals surface area contributed by atoms with Crippen molar-refractivity contribution in [2.75, 3.05) is 0 Å². The van der Waals surface area contributed by atoms with E-state index in [4.69, 9.17) is 4.43 Å². The lowest BCUT2D eigenvalue weighted by Gasteiger charge is -2.60. The summed E-state index contributed by atoms with van der Waals surface area (Å²) < 4.78 is 6.86. The highest BCUT2D eigenvalue weighted by atomic mass is 28.4.